The lowest BCUT2D eigenvalue weighted by atomic mass is 10.1. The van der Waals surface area contributed by atoms with Gasteiger partial charge in [0.2, 0.25) is 0 Å². The normalized spacial score (nSPS) is 20.4. The van der Waals surface area contributed by atoms with Crippen LogP contribution < -0.4 is 10.2 Å². The highest BCUT2D eigenvalue weighted by atomic mass is 32.1. The molecule has 1 amide bonds. The number of thiazole rings is 1. The van der Waals surface area contributed by atoms with Gasteiger partial charge in [0.05, 0.1) is 17.2 Å². The number of hydrogen-bond donors (Lipinski definition) is 1. The third-order valence-corrected chi connectivity index (χ3v) is 5.15. The van der Waals surface area contributed by atoms with Gasteiger partial charge in [-0.1, -0.05) is 13.8 Å². The van der Waals surface area contributed by atoms with E-state index in [9.17, 15) is 4.79 Å². The number of nitrogens with zero attached hydrogens (tertiary/aromatic N) is 2. The average molecular weight is 374 g/mol. The Balaban J connectivity index is 1.62. The van der Waals surface area contributed by atoms with Crippen LogP contribution in [0.2, 0.25) is 0 Å². The van der Waals surface area contributed by atoms with Crippen molar-refractivity contribution in [2.45, 2.75) is 46.3 Å². The molecule has 1 aliphatic rings. The van der Waals surface area contributed by atoms with E-state index >= 15 is 0 Å². The van der Waals surface area contributed by atoms with Gasteiger partial charge in [0.15, 0.2) is 0 Å². The highest BCUT2D eigenvalue weighted by molar-refractivity contribution is 7.09. The van der Waals surface area contributed by atoms with Crippen LogP contribution in [0.25, 0.3) is 0 Å². The Morgan fingerprint density at radius 2 is 1.92 bits per heavy atom. The summed E-state index contributed by atoms with van der Waals surface area (Å²) in [5, 5.41) is 5.78. The van der Waals surface area contributed by atoms with E-state index in [0.717, 1.165) is 35.9 Å². The molecule has 3 rings (SSSR count). The molecule has 2 atom stereocenters. The number of hydrogen-bond acceptors (Lipinski definition) is 5. The lowest BCUT2D eigenvalue weighted by Crippen LogP contribution is -2.45. The van der Waals surface area contributed by atoms with Gasteiger partial charge in [0, 0.05) is 36.3 Å². The van der Waals surface area contributed by atoms with Crippen molar-refractivity contribution < 1.29 is 9.53 Å². The van der Waals surface area contributed by atoms with Crippen LogP contribution in [0.15, 0.2) is 29.6 Å². The fourth-order valence-corrected chi connectivity index (χ4v) is 4.19. The van der Waals surface area contributed by atoms with Gasteiger partial charge < -0.3 is 15.0 Å². The van der Waals surface area contributed by atoms with Crippen LogP contribution in [0.5, 0.6) is 0 Å². The number of anilines is 2. The van der Waals surface area contributed by atoms with Crippen LogP contribution in [0, 0.1) is 5.92 Å². The minimum atomic E-state index is -0.155. The first-order valence-corrected chi connectivity index (χ1v) is 10.0. The first kappa shape index (κ1) is 18.9. The standard InChI is InChI=1S/C20H27N3O2S/c1-13(2)9-19-22-18(12-26-19)20(24)21-16-5-7-17(8-6-16)23-10-14(3)25-15(4)11-23/h5-8,12-15H,9-11H2,1-4H3,(H,21,24)/t14-,15-/m0/s1. The van der Waals surface area contributed by atoms with E-state index in [0.29, 0.717) is 11.6 Å². The molecule has 1 fully saturated rings. The molecule has 0 unspecified atom stereocenters. The molecule has 1 aromatic carbocycles. The summed E-state index contributed by atoms with van der Waals surface area (Å²) in [4.78, 5) is 19.2. The largest absolute Gasteiger partial charge is 0.372 e. The SMILES string of the molecule is CC(C)Cc1nc(C(=O)Nc2ccc(N3C[C@H](C)O[C@@H](C)C3)cc2)cs1. The quantitative estimate of drug-likeness (QED) is 0.853. The number of aromatic nitrogens is 1. The van der Waals surface area contributed by atoms with Gasteiger partial charge >= 0.3 is 0 Å². The maximum atomic E-state index is 12.4. The Hall–Kier alpha value is -1.92. The molecule has 2 heterocycles. The van der Waals surface area contributed by atoms with Crippen molar-refractivity contribution in [1.82, 2.24) is 4.98 Å². The summed E-state index contributed by atoms with van der Waals surface area (Å²) < 4.78 is 5.78. The maximum absolute atomic E-state index is 12.4. The van der Waals surface area contributed by atoms with Gasteiger partial charge in [0.1, 0.15) is 5.69 Å². The van der Waals surface area contributed by atoms with Crippen molar-refractivity contribution in [3.8, 4) is 0 Å². The Labute approximate surface area is 159 Å². The average Bonchev–Trinajstić information content (AvgIpc) is 3.02. The fourth-order valence-electron chi connectivity index (χ4n) is 3.20. The summed E-state index contributed by atoms with van der Waals surface area (Å²) in [5.74, 6) is 0.382. The summed E-state index contributed by atoms with van der Waals surface area (Å²) >= 11 is 1.55. The number of nitrogens with one attached hydrogen (secondary N) is 1. The van der Waals surface area contributed by atoms with Crippen LogP contribution in [0.1, 0.15) is 43.2 Å². The Morgan fingerprint density at radius 1 is 1.27 bits per heavy atom. The Kier molecular flexibility index (Phi) is 5.94. The second kappa shape index (κ2) is 8.18. The highest BCUT2D eigenvalue weighted by Crippen LogP contribution is 2.23. The van der Waals surface area contributed by atoms with Crippen molar-refractivity contribution in [3.05, 3.63) is 40.3 Å². The summed E-state index contributed by atoms with van der Waals surface area (Å²) in [7, 11) is 0. The zero-order valence-corrected chi connectivity index (χ0v) is 16.7. The number of amides is 1. The number of ether oxygens (including phenoxy) is 1. The molecular weight excluding hydrogens is 346 g/mol. The van der Waals surface area contributed by atoms with Gasteiger partial charge in [0.25, 0.3) is 5.91 Å². The Bertz CT molecular complexity index is 732. The van der Waals surface area contributed by atoms with E-state index in [1.54, 1.807) is 11.3 Å². The molecule has 26 heavy (non-hydrogen) atoms. The number of rotatable bonds is 5. The molecule has 1 saturated heterocycles. The van der Waals surface area contributed by atoms with Gasteiger partial charge in [-0.15, -0.1) is 11.3 Å². The molecule has 1 N–H and O–H groups in total. The lowest BCUT2D eigenvalue weighted by molar-refractivity contribution is -0.00521. The Morgan fingerprint density at radius 3 is 2.54 bits per heavy atom. The first-order chi connectivity index (χ1) is 12.4. The molecule has 0 saturated carbocycles. The summed E-state index contributed by atoms with van der Waals surface area (Å²) in [6.07, 6.45) is 1.36. The van der Waals surface area contributed by atoms with E-state index in [1.807, 2.05) is 29.6 Å². The summed E-state index contributed by atoms with van der Waals surface area (Å²) in [6, 6.07) is 7.98. The van der Waals surface area contributed by atoms with Gasteiger partial charge in [-0.25, -0.2) is 4.98 Å². The number of carbonyl (C=O) groups is 1. The predicted molar refractivity (Wildman–Crippen MR) is 107 cm³/mol. The molecular formula is C20H27N3O2S. The monoisotopic (exact) mass is 373 g/mol. The molecule has 1 aliphatic heterocycles. The van der Waals surface area contributed by atoms with Crippen LogP contribution >= 0.6 is 11.3 Å². The van der Waals surface area contributed by atoms with Crippen LogP contribution in [-0.4, -0.2) is 36.2 Å². The minimum absolute atomic E-state index is 0.155. The number of benzene rings is 1. The minimum Gasteiger partial charge on any atom is -0.372 e. The summed E-state index contributed by atoms with van der Waals surface area (Å²) in [5.41, 5.74) is 2.43. The fraction of sp³-hybridized carbons (Fsp3) is 0.500. The van der Waals surface area contributed by atoms with Crippen molar-refractivity contribution in [2.75, 3.05) is 23.3 Å². The summed E-state index contributed by atoms with van der Waals surface area (Å²) in [6.45, 7) is 10.3. The topological polar surface area (TPSA) is 54.5 Å². The molecule has 0 radical (unpaired) electrons. The smallest absolute Gasteiger partial charge is 0.275 e. The van der Waals surface area contributed by atoms with Crippen molar-refractivity contribution in [3.63, 3.8) is 0 Å². The molecule has 0 spiro atoms. The van der Waals surface area contributed by atoms with Crippen LogP contribution in [-0.2, 0) is 11.2 Å². The van der Waals surface area contributed by atoms with Crippen molar-refractivity contribution in [2.24, 2.45) is 5.92 Å². The van der Waals surface area contributed by atoms with Gasteiger partial charge in [-0.3, -0.25) is 4.79 Å². The molecule has 0 bridgehead atoms. The van der Waals surface area contributed by atoms with E-state index in [2.05, 4.69) is 42.9 Å². The zero-order valence-electron chi connectivity index (χ0n) is 15.9. The van der Waals surface area contributed by atoms with E-state index in [-0.39, 0.29) is 18.1 Å². The zero-order chi connectivity index (χ0) is 18.7. The lowest BCUT2D eigenvalue weighted by Gasteiger charge is -2.36. The second-order valence-corrected chi connectivity index (χ2v) is 8.33. The van der Waals surface area contributed by atoms with E-state index in [4.69, 9.17) is 4.74 Å². The molecule has 5 nitrogen and oxygen atoms in total. The van der Waals surface area contributed by atoms with Crippen LogP contribution in [0.4, 0.5) is 11.4 Å². The number of morpholine rings is 1. The van der Waals surface area contributed by atoms with Crippen molar-refractivity contribution in [1.29, 1.82) is 0 Å². The second-order valence-electron chi connectivity index (χ2n) is 7.39. The maximum Gasteiger partial charge on any atom is 0.275 e. The van der Waals surface area contributed by atoms with Gasteiger partial charge in [-0.2, -0.15) is 0 Å². The highest BCUT2D eigenvalue weighted by Gasteiger charge is 2.22. The van der Waals surface area contributed by atoms with Crippen LogP contribution in [0.3, 0.4) is 0 Å². The van der Waals surface area contributed by atoms with Gasteiger partial charge in [-0.05, 0) is 44.0 Å². The van der Waals surface area contributed by atoms with E-state index in [1.165, 1.54) is 0 Å². The van der Waals surface area contributed by atoms with Crippen molar-refractivity contribution >= 4 is 28.6 Å². The first-order valence-electron chi connectivity index (χ1n) is 9.17. The molecule has 140 valence electrons. The number of carbonyl (C=O) groups excluding carboxylic acids is 1. The molecule has 0 aliphatic carbocycles. The van der Waals surface area contributed by atoms with E-state index < -0.39 is 0 Å². The third-order valence-electron chi connectivity index (χ3n) is 4.28. The molecule has 1 aromatic heterocycles. The third kappa shape index (κ3) is 4.83. The predicted octanol–water partition coefficient (Wildman–Crippen LogP) is 4.21. The molecule has 2 aromatic rings. The molecule has 6 heteroatoms.